The van der Waals surface area contributed by atoms with E-state index >= 15 is 0 Å². The summed E-state index contributed by atoms with van der Waals surface area (Å²) in [5.41, 5.74) is 0.885. The number of benzene rings is 2. The highest BCUT2D eigenvalue weighted by molar-refractivity contribution is 7.92. The molecule has 0 saturated heterocycles. The van der Waals surface area contributed by atoms with Gasteiger partial charge in [0.1, 0.15) is 5.82 Å². The van der Waals surface area contributed by atoms with Crippen molar-refractivity contribution in [2.45, 2.75) is 13.0 Å². The molecule has 0 heterocycles. The quantitative estimate of drug-likeness (QED) is 0.833. The summed E-state index contributed by atoms with van der Waals surface area (Å²) in [6.07, 6.45) is 1.08. The lowest BCUT2D eigenvalue weighted by molar-refractivity contribution is -0.121. The fraction of sp³-hybridized carbons (Fsp3) is 0.235. The summed E-state index contributed by atoms with van der Waals surface area (Å²) < 4.78 is 38.5. The molecule has 1 amide bonds. The van der Waals surface area contributed by atoms with Crippen LogP contribution in [0.15, 0.2) is 54.6 Å². The molecule has 128 valence electrons. The predicted molar refractivity (Wildman–Crippen MR) is 91.5 cm³/mol. The summed E-state index contributed by atoms with van der Waals surface area (Å²) in [4.78, 5) is 11.9. The minimum atomic E-state index is -3.49. The maximum absolute atomic E-state index is 13.5. The maximum atomic E-state index is 13.5. The topological polar surface area (TPSA) is 66.5 Å². The van der Waals surface area contributed by atoms with E-state index in [1.165, 1.54) is 10.4 Å². The smallest absolute Gasteiger partial charge is 0.232 e. The second kappa shape index (κ2) is 7.92. The summed E-state index contributed by atoms with van der Waals surface area (Å²) in [5, 5.41) is 2.60. The zero-order chi connectivity index (χ0) is 17.6. The van der Waals surface area contributed by atoms with Crippen LogP contribution < -0.4 is 9.62 Å². The number of nitrogens with zero attached hydrogens (tertiary/aromatic N) is 1. The molecule has 0 aromatic heterocycles. The van der Waals surface area contributed by atoms with Gasteiger partial charge in [0, 0.05) is 25.1 Å². The van der Waals surface area contributed by atoms with Crippen molar-refractivity contribution in [1.82, 2.24) is 5.32 Å². The number of anilines is 1. The highest BCUT2D eigenvalue weighted by Crippen LogP contribution is 2.17. The van der Waals surface area contributed by atoms with Crippen LogP contribution in [0, 0.1) is 5.82 Å². The number of hydrogen-bond donors (Lipinski definition) is 1. The SMILES string of the molecule is CS(=O)(=O)N(CCC(=O)NCc1ccccc1F)c1ccccc1. The van der Waals surface area contributed by atoms with E-state index in [-0.39, 0.29) is 31.2 Å². The summed E-state index contributed by atoms with van der Waals surface area (Å²) >= 11 is 0. The minimum Gasteiger partial charge on any atom is -0.352 e. The molecule has 5 nitrogen and oxygen atoms in total. The van der Waals surface area contributed by atoms with Crippen LogP contribution in [0.4, 0.5) is 10.1 Å². The molecule has 2 aromatic rings. The molecule has 0 aliphatic carbocycles. The van der Waals surface area contributed by atoms with E-state index in [0.29, 0.717) is 11.3 Å². The van der Waals surface area contributed by atoms with E-state index in [0.717, 1.165) is 6.26 Å². The van der Waals surface area contributed by atoms with Gasteiger partial charge in [-0.1, -0.05) is 36.4 Å². The molecule has 0 bridgehead atoms. The lowest BCUT2D eigenvalue weighted by atomic mass is 10.2. The molecule has 0 fully saturated rings. The number of rotatable bonds is 7. The Morgan fingerprint density at radius 2 is 1.71 bits per heavy atom. The molecule has 0 atom stereocenters. The van der Waals surface area contributed by atoms with Gasteiger partial charge in [-0.05, 0) is 18.2 Å². The Hall–Kier alpha value is -2.41. The number of amides is 1. The number of sulfonamides is 1. The van der Waals surface area contributed by atoms with E-state index in [4.69, 9.17) is 0 Å². The van der Waals surface area contributed by atoms with Crippen LogP contribution in [0.1, 0.15) is 12.0 Å². The molecular weight excluding hydrogens is 331 g/mol. The van der Waals surface area contributed by atoms with E-state index in [2.05, 4.69) is 5.32 Å². The fourth-order valence-electron chi connectivity index (χ4n) is 2.21. The summed E-state index contributed by atoms with van der Waals surface area (Å²) in [6.45, 7) is 0.0850. The Kier molecular flexibility index (Phi) is 5.92. The molecule has 2 aromatic carbocycles. The lowest BCUT2D eigenvalue weighted by Gasteiger charge is -2.22. The third-order valence-corrected chi connectivity index (χ3v) is 4.61. The number of para-hydroxylation sites is 1. The summed E-state index contributed by atoms with van der Waals surface area (Å²) in [6, 6.07) is 14.7. The normalized spacial score (nSPS) is 11.1. The average Bonchev–Trinajstić information content (AvgIpc) is 2.54. The molecule has 0 aliphatic rings. The molecule has 24 heavy (non-hydrogen) atoms. The van der Waals surface area contributed by atoms with E-state index in [1.807, 2.05) is 0 Å². The Morgan fingerprint density at radius 1 is 1.08 bits per heavy atom. The van der Waals surface area contributed by atoms with Crippen molar-refractivity contribution in [3.8, 4) is 0 Å². The van der Waals surface area contributed by atoms with Crippen LogP contribution in [0.2, 0.25) is 0 Å². The summed E-state index contributed by atoms with van der Waals surface area (Å²) in [5.74, 6) is -0.734. The standard InChI is InChI=1S/C17H19FN2O3S/c1-24(22,23)20(15-8-3-2-4-9-15)12-11-17(21)19-13-14-7-5-6-10-16(14)18/h2-10H,11-13H2,1H3,(H,19,21). The minimum absolute atomic E-state index is 0.0174. The van der Waals surface area contributed by atoms with Crippen molar-refractivity contribution >= 4 is 21.6 Å². The molecule has 0 radical (unpaired) electrons. The first-order chi connectivity index (χ1) is 11.4. The molecule has 1 N–H and O–H groups in total. The zero-order valence-corrected chi connectivity index (χ0v) is 14.1. The fourth-order valence-corrected chi connectivity index (χ4v) is 3.14. The second-order valence-corrected chi connectivity index (χ2v) is 7.20. The molecule has 7 heteroatoms. The monoisotopic (exact) mass is 350 g/mol. The first-order valence-corrected chi connectivity index (χ1v) is 9.25. The number of hydrogen-bond acceptors (Lipinski definition) is 3. The molecule has 0 saturated carbocycles. The Bertz CT molecular complexity index is 794. The van der Waals surface area contributed by atoms with Crippen LogP contribution in [-0.4, -0.2) is 27.1 Å². The lowest BCUT2D eigenvalue weighted by Crippen LogP contribution is -2.34. The first kappa shape index (κ1) is 17.9. The van der Waals surface area contributed by atoms with Gasteiger partial charge >= 0.3 is 0 Å². The van der Waals surface area contributed by atoms with Gasteiger partial charge in [-0.3, -0.25) is 9.10 Å². The number of nitrogens with one attached hydrogen (secondary N) is 1. The Morgan fingerprint density at radius 3 is 2.33 bits per heavy atom. The van der Waals surface area contributed by atoms with E-state index < -0.39 is 10.0 Å². The van der Waals surface area contributed by atoms with Crippen molar-refractivity contribution in [1.29, 1.82) is 0 Å². The predicted octanol–water partition coefficient (Wildman–Crippen LogP) is 2.30. The molecule has 0 unspecified atom stereocenters. The van der Waals surface area contributed by atoms with Crippen LogP contribution in [0.3, 0.4) is 0 Å². The number of carbonyl (C=O) groups excluding carboxylic acids is 1. The largest absolute Gasteiger partial charge is 0.352 e. The third kappa shape index (κ3) is 5.06. The Labute approximate surface area is 141 Å². The number of carbonyl (C=O) groups is 1. The van der Waals surface area contributed by atoms with Crippen LogP contribution in [-0.2, 0) is 21.4 Å². The third-order valence-electron chi connectivity index (χ3n) is 3.42. The maximum Gasteiger partial charge on any atom is 0.232 e. The van der Waals surface area contributed by atoms with E-state index in [1.54, 1.807) is 48.5 Å². The van der Waals surface area contributed by atoms with Gasteiger partial charge in [-0.25, -0.2) is 12.8 Å². The van der Waals surface area contributed by atoms with Gasteiger partial charge in [0.2, 0.25) is 15.9 Å². The summed E-state index contributed by atoms with van der Waals surface area (Å²) in [7, 11) is -3.49. The molecule has 2 rings (SSSR count). The van der Waals surface area contributed by atoms with Crippen molar-refractivity contribution in [3.05, 3.63) is 66.0 Å². The number of halogens is 1. The van der Waals surface area contributed by atoms with Crippen molar-refractivity contribution < 1.29 is 17.6 Å². The van der Waals surface area contributed by atoms with Crippen LogP contribution in [0.25, 0.3) is 0 Å². The van der Waals surface area contributed by atoms with Gasteiger partial charge in [-0.15, -0.1) is 0 Å². The van der Waals surface area contributed by atoms with Gasteiger partial charge in [0.25, 0.3) is 0 Å². The Balaban J connectivity index is 1.95. The second-order valence-electron chi connectivity index (χ2n) is 5.29. The van der Waals surface area contributed by atoms with Gasteiger partial charge in [0.15, 0.2) is 0 Å². The first-order valence-electron chi connectivity index (χ1n) is 7.41. The molecular formula is C17H19FN2O3S. The average molecular weight is 350 g/mol. The van der Waals surface area contributed by atoms with Gasteiger partial charge in [0.05, 0.1) is 11.9 Å². The highest BCUT2D eigenvalue weighted by Gasteiger charge is 2.18. The molecule has 0 spiro atoms. The van der Waals surface area contributed by atoms with E-state index in [9.17, 15) is 17.6 Å². The van der Waals surface area contributed by atoms with Crippen molar-refractivity contribution in [3.63, 3.8) is 0 Å². The molecule has 0 aliphatic heterocycles. The highest BCUT2D eigenvalue weighted by atomic mass is 32.2. The zero-order valence-electron chi connectivity index (χ0n) is 13.3. The van der Waals surface area contributed by atoms with Crippen LogP contribution in [0.5, 0.6) is 0 Å². The van der Waals surface area contributed by atoms with Crippen molar-refractivity contribution in [2.24, 2.45) is 0 Å². The van der Waals surface area contributed by atoms with Gasteiger partial charge in [-0.2, -0.15) is 0 Å². The van der Waals surface area contributed by atoms with Crippen molar-refractivity contribution in [2.75, 3.05) is 17.1 Å². The van der Waals surface area contributed by atoms with Gasteiger partial charge < -0.3 is 5.32 Å². The van der Waals surface area contributed by atoms with Crippen LogP contribution >= 0.6 is 0 Å².